The number of hydrogen-bond donors (Lipinski definition) is 2. The molecule has 0 saturated carbocycles. The van der Waals surface area contributed by atoms with Crippen LogP contribution in [0.2, 0.25) is 0 Å². The number of amides is 1. The van der Waals surface area contributed by atoms with Gasteiger partial charge >= 0.3 is 6.09 Å². The summed E-state index contributed by atoms with van der Waals surface area (Å²) >= 11 is -1.51. The highest BCUT2D eigenvalue weighted by atomic mass is 32.2. The van der Waals surface area contributed by atoms with Crippen LogP contribution in [0.5, 0.6) is 5.75 Å². The molecule has 1 unspecified atom stereocenters. The normalized spacial score (nSPS) is 13.9. The maximum absolute atomic E-state index is 13.8. The minimum absolute atomic E-state index is 0.0542. The second-order valence-electron chi connectivity index (χ2n) is 11.7. The molecule has 0 bridgehead atoms. The monoisotopic (exact) mass is 605 g/mol. The predicted octanol–water partition coefficient (Wildman–Crippen LogP) is 5.02. The average Bonchev–Trinajstić information content (AvgIpc) is 2.83. The molecule has 0 fully saturated rings. The van der Waals surface area contributed by atoms with Crippen molar-refractivity contribution in [1.82, 2.24) is 14.6 Å². The van der Waals surface area contributed by atoms with E-state index in [1.54, 1.807) is 48.5 Å². The number of halogens is 1. The van der Waals surface area contributed by atoms with Crippen LogP contribution < -0.4 is 20.3 Å². The summed E-state index contributed by atoms with van der Waals surface area (Å²) in [6.07, 6.45) is 0.738. The number of aryl methyl sites for hydroxylation is 1. The van der Waals surface area contributed by atoms with Crippen molar-refractivity contribution in [3.63, 3.8) is 0 Å². The van der Waals surface area contributed by atoms with Crippen LogP contribution in [-0.4, -0.2) is 33.9 Å². The van der Waals surface area contributed by atoms with Crippen molar-refractivity contribution in [3.8, 4) is 16.9 Å². The van der Waals surface area contributed by atoms with E-state index in [0.29, 0.717) is 11.1 Å². The van der Waals surface area contributed by atoms with Crippen LogP contribution in [0.3, 0.4) is 0 Å². The first-order valence-electron chi connectivity index (χ1n) is 12.8. The molecule has 0 aliphatic heterocycles. The molecule has 0 spiro atoms. The van der Waals surface area contributed by atoms with Gasteiger partial charge in [-0.15, -0.1) is 4.72 Å². The summed E-state index contributed by atoms with van der Waals surface area (Å²) in [6, 6.07) is 9.17. The fourth-order valence-corrected chi connectivity index (χ4v) is 6.08. The minimum atomic E-state index is -4.21. The van der Waals surface area contributed by atoms with Gasteiger partial charge in [-0.05, 0) is 96.5 Å². The molecule has 3 rings (SSSR count). The van der Waals surface area contributed by atoms with Gasteiger partial charge in [-0.25, -0.2) is 17.6 Å². The van der Waals surface area contributed by atoms with Crippen molar-refractivity contribution in [2.24, 2.45) is 7.05 Å². The summed E-state index contributed by atoms with van der Waals surface area (Å²) in [5.74, 6) is -0.539. The maximum atomic E-state index is 13.8. The lowest BCUT2D eigenvalue weighted by atomic mass is 9.97. The van der Waals surface area contributed by atoms with Crippen LogP contribution in [0.25, 0.3) is 11.1 Å². The Kier molecular flexibility index (Phi) is 9.43. The molecule has 0 aliphatic rings. The van der Waals surface area contributed by atoms with E-state index in [1.807, 2.05) is 0 Å². The second-order valence-corrected chi connectivity index (χ2v) is 15.6. The minimum Gasteiger partial charge on any atom is -0.598 e. The zero-order valence-electron chi connectivity index (χ0n) is 24.4. The number of carbonyl (C=O) groups excluding carboxylic acids is 1. The molecule has 3 aromatic rings. The van der Waals surface area contributed by atoms with Gasteiger partial charge in [-0.2, -0.15) is 0 Å². The number of hydrogen-bond acceptors (Lipinski definition) is 7. The van der Waals surface area contributed by atoms with Crippen LogP contribution in [0.15, 0.2) is 69.3 Å². The van der Waals surface area contributed by atoms with E-state index in [2.05, 4.69) is 10.0 Å². The molecule has 1 heterocycles. The molecule has 2 N–H and O–H groups in total. The molecule has 222 valence electrons. The average molecular weight is 606 g/mol. The van der Waals surface area contributed by atoms with Gasteiger partial charge < -0.3 is 19.2 Å². The smallest absolute Gasteiger partial charge is 0.413 e. The Hall–Kier alpha value is -3.19. The lowest BCUT2D eigenvalue weighted by Crippen LogP contribution is -2.42. The summed E-state index contributed by atoms with van der Waals surface area (Å²) in [5.41, 5.74) is -0.0894. The van der Waals surface area contributed by atoms with Crippen molar-refractivity contribution < 1.29 is 26.9 Å². The Balaban J connectivity index is 2.27. The van der Waals surface area contributed by atoms with E-state index in [1.165, 1.54) is 42.1 Å². The van der Waals surface area contributed by atoms with Crippen LogP contribution >= 0.6 is 0 Å². The molecular formula is C29H36FN3O6S2. The van der Waals surface area contributed by atoms with Crippen molar-refractivity contribution in [3.05, 3.63) is 76.5 Å². The van der Waals surface area contributed by atoms with E-state index in [-0.39, 0.29) is 26.7 Å². The van der Waals surface area contributed by atoms with Crippen molar-refractivity contribution in [1.29, 1.82) is 0 Å². The van der Waals surface area contributed by atoms with Crippen LogP contribution in [0.4, 0.5) is 9.18 Å². The number of rotatable bonds is 7. The number of ether oxygens (including phenoxy) is 1. The van der Waals surface area contributed by atoms with Gasteiger partial charge in [0.25, 0.3) is 5.56 Å². The first-order valence-corrected chi connectivity index (χ1v) is 15.5. The highest BCUT2D eigenvalue weighted by Gasteiger charge is 2.31. The molecule has 41 heavy (non-hydrogen) atoms. The van der Waals surface area contributed by atoms with E-state index in [9.17, 15) is 27.0 Å². The van der Waals surface area contributed by atoms with Crippen molar-refractivity contribution in [2.45, 2.75) is 74.6 Å². The number of benzene rings is 2. The first kappa shape index (κ1) is 32.3. The third-order valence-corrected chi connectivity index (χ3v) is 9.42. The van der Waals surface area contributed by atoms with E-state index >= 15 is 0 Å². The number of nitrogens with zero attached hydrogens (tertiary/aromatic N) is 1. The number of carbonyl (C=O) groups is 1. The third-order valence-electron chi connectivity index (χ3n) is 5.91. The molecule has 1 amide bonds. The van der Waals surface area contributed by atoms with Crippen LogP contribution in [0.1, 0.15) is 60.1 Å². The Bertz CT molecular complexity index is 1590. The fourth-order valence-electron chi connectivity index (χ4n) is 3.83. The molecule has 2 atom stereocenters. The lowest BCUT2D eigenvalue weighted by molar-refractivity contribution is 0.190. The molecule has 9 nitrogen and oxygen atoms in total. The zero-order valence-corrected chi connectivity index (χ0v) is 26.0. The Labute approximate surface area is 243 Å². The molecule has 0 radical (unpaired) electrons. The molecule has 0 saturated heterocycles. The molecule has 12 heteroatoms. The number of pyridine rings is 1. The van der Waals surface area contributed by atoms with E-state index in [0.717, 1.165) is 24.3 Å². The Morgan fingerprint density at radius 2 is 1.63 bits per heavy atom. The zero-order chi connectivity index (χ0) is 30.9. The number of nitrogens with one attached hydrogen (secondary N) is 2. The van der Waals surface area contributed by atoms with Gasteiger partial charge in [0, 0.05) is 47.3 Å². The fraction of sp³-hybridized carbons (Fsp3) is 0.379. The number of aromatic nitrogens is 1. The topological polar surface area (TPSA) is 130 Å². The van der Waals surface area contributed by atoms with Gasteiger partial charge in [0.05, 0.1) is 15.8 Å². The number of sulfone groups is 1. The van der Waals surface area contributed by atoms with Crippen molar-refractivity contribution in [2.75, 3.05) is 0 Å². The molecular weight excluding hydrogens is 569 g/mol. The molecule has 1 aromatic heterocycles. The summed E-state index contributed by atoms with van der Waals surface area (Å²) in [7, 11) is -2.69. The van der Waals surface area contributed by atoms with E-state index < -0.39 is 49.4 Å². The van der Waals surface area contributed by atoms with Gasteiger partial charge in [0.1, 0.15) is 16.3 Å². The summed E-state index contributed by atoms with van der Waals surface area (Å²) in [5, 5.41) is 2.68. The summed E-state index contributed by atoms with van der Waals surface area (Å²) in [6.45, 7) is 12.5. The highest BCUT2D eigenvalue weighted by molar-refractivity contribution is 7.91. The molecule has 2 aromatic carbocycles. The van der Waals surface area contributed by atoms with Crippen LogP contribution in [0, 0.1) is 5.82 Å². The second kappa shape index (κ2) is 12.0. The largest absolute Gasteiger partial charge is 0.598 e. The van der Waals surface area contributed by atoms with E-state index in [4.69, 9.17) is 4.74 Å². The van der Waals surface area contributed by atoms with Gasteiger partial charge in [-0.3, -0.25) is 4.79 Å². The van der Waals surface area contributed by atoms with Crippen LogP contribution in [-0.2, 0) is 28.2 Å². The first-order chi connectivity index (χ1) is 18.8. The quantitative estimate of drug-likeness (QED) is 0.286. The lowest BCUT2D eigenvalue weighted by Gasteiger charge is -2.27. The summed E-state index contributed by atoms with van der Waals surface area (Å²) < 4.78 is 63.3. The van der Waals surface area contributed by atoms with Crippen molar-refractivity contribution >= 4 is 27.3 Å². The van der Waals surface area contributed by atoms with Gasteiger partial charge in [0.2, 0.25) is 9.84 Å². The predicted molar refractivity (Wildman–Crippen MR) is 157 cm³/mol. The Morgan fingerprint density at radius 3 is 2.20 bits per heavy atom. The standard InChI is InChI=1S/C29H36FN3O6S2/c1-18(32-40(36)29(5,6)7)22-16-26(34)33(8)17-24(22)23-15-20(39-27(35)31-28(2,3)4)11-14-25(23)41(37,38)21-12-9-19(30)10-13-21/h9-18,32H,1-8H3,(H,31,35)/t18?,40-/m0/s1. The van der Waals surface area contributed by atoms with Gasteiger partial charge in [0.15, 0.2) is 0 Å². The third kappa shape index (κ3) is 7.97. The van der Waals surface area contributed by atoms with Gasteiger partial charge in [-0.1, -0.05) is 0 Å². The summed E-state index contributed by atoms with van der Waals surface area (Å²) in [4.78, 5) is 24.9. The maximum Gasteiger partial charge on any atom is 0.413 e. The Morgan fingerprint density at radius 1 is 1.02 bits per heavy atom. The molecule has 0 aliphatic carbocycles. The highest BCUT2D eigenvalue weighted by Crippen LogP contribution is 2.38. The SMILES string of the molecule is CC(N[S@@+]([O-])C(C)(C)C)c1cc(=O)n(C)cc1-c1cc(OC(=O)NC(C)(C)C)ccc1S(=O)(=O)c1ccc(F)cc1.